The van der Waals surface area contributed by atoms with E-state index in [9.17, 15) is 13.2 Å². The van der Waals surface area contributed by atoms with E-state index in [1.165, 1.54) is 69.1 Å². The molecule has 1 nitrogen and oxygen atoms in total. The van der Waals surface area contributed by atoms with Gasteiger partial charge in [0.2, 0.25) is 6.17 Å². The Balaban J connectivity index is 1.22. The largest absolute Gasteiger partial charge is 0.391 e. The van der Waals surface area contributed by atoms with Gasteiger partial charge in [-0.1, -0.05) is 100 Å². The van der Waals surface area contributed by atoms with Crippen molar-refractivity contribution in [2.75, 3.05) is 0 Å². The Labute approximate surface area is 240 Å². The smallest absolute Gasteiger partial charge is 0.313 e. The van der Waals surface area contributed by atoms with Crippen LogP contribution in [0, 0.1) is 11.8 Å². The van der Waals surface area contributed by atoms with E-state index in [1.54, 1.807) is 0 Å². The van der Waals surface area contributed by atoms with Crippen LogP contribution in [0.1, 0.15) is 137 Å². The summed E-state index contributed by atoms with van der Waals surface area (Å²) in [6.07, 6.45) is 12.9. The summed E-state index contributed by atoms with van der Waals surface area (Å²) in [7, 11) is 0. The van der Waals surface area contributed by atoms with E-state index in [1.807, 2.05) is 42.5 Å². The molecule has 2 aromatic rings. The predicted octanol–water partition coefficient (Wildman–Crippen LogP) is 11.6. The first kappa shape index (κ1) is 30.9. The normalized spacial score (nSPS) is 24.5. The lowest BCUT2D eigenvalue weighted by Crippen LogP contribution is -2.27. The number of rotatable bonds is 14. The van der Waals surface area contributed by atoms with Gasteiger partial charge < -0.3 is 4.74 Å². The molecule has 2 aliphatic carbocycles. The van der Waals surface area contributed by atoms with Crippen molar-refractivity contribution in [2.45, 2.75) is 128 Å². The van der Waals surface area contributed by atoms with Gasteiger partial charge in [-0.05, 0) is 97.3 Å². The maximum atomic E-state index is 14.9. The van der Waals surface area contributed by atoms with Crippen molar-refractivity contribution in [3.8, 4) is 0 Å². The molecule has 0 amide bonds. The first-order chi connectivity index (χ1) is 19.4. The predicted molar refractivity (Wildman–Crippen MR) is 159 cm³/mol. The zero-order valence-electron chi connectivity index (χ0n) is 24.4. The first-order valence-electron chi connectivity index (χ1n) is 15.9. The number of ether oxygens (including phenoxy) is 1. The van der Waals surface area contributed by atoms with Gasteiger partial charge in [-0.2, -0.15) is 8.78 Å². The SMILES string of the molecule is C=CC1CCC(c2ccc(COC(F)(F)C(F)c3ccc(C4CCC(CCCCCCC)CC4)cc3)cc2)CC1. The highest BCUT2D eigenvalue weighted by molar-refractivity contribution is 5.28. The van der Waals surface area contributed by atoms with Gasteiger partial charge in [-0.15, -0.1) is 6.58 Å². The van der Waals surface area contributed by atoms with Gasteiger partial charge in [-0.25, -0.2) is 4.39 Å². The van der Waals surface area contributed by atoms with E-state index in [0.29, 0.717) is 23.3 Å². The molecule has 0 N–H and O–H groups in total. The van der Waals surface area contributed by atoms with Gasteiger partial charge >= 0.3 is 6.11 Å². The van der Waals surface area contributed by atoms with E-state index in [4.69, 9.17) is 4.74 Å². The standard InChI is InChI=1S/C36H49F3O/c1-3-5-6-7-8-9-28-12-18-31(19-13-28)33-22-24-34(25-23-33)35(37)36(38,39)40-26-29-14-20-32(21-15-29)30-16-10-27(4-2)11-17-30/h4,14-15,20-25,27-28,30-31,35H,2-3,5-13,16-19,26H2,1H3. The van der Waals surface area contributed by atoms with Crippen molar-refractivity contribution >= 4 is 0 Å². The third-order valence-electron chi connectivity index (χ3n) is 9.55. The lowest BCUT2D eigenvalue weighted by atomic mass is 9.77. The third kappa shape index (κ3) is 8.71. The van der Waals surface area contributed by atoms with Crippen LogP contribution >= 0.6 is 0 Å². The minimum absolute atomic E-state index is 0.0278. The number of hydrogen-bond donors (Lipinski definition) is 0. The van der Waals surface area contributed by atoms with E-state index in [0.717, 1.165) is 50.0 Å². The van der Waals surface area contributed by atoms with Gasteiger partial charge in [0.1, 0.15) is 0 Å². The molecule has 0 heterocycles. The van der Waals surface area contributed by atoms with E-state index >= 15 is 0 Å². The van der Waals surface area contributed by atoms with Crippen LogP contribution in [0.5, 0.6) is 0 Å². The molecule has 0 radical (unpaired) electrons. The van der Waals surface area contributed by atoms with Gasteiger partial charge in [0.25, 0.3) is 0 Å². The van der Waals surface area contributed by atoms with E-state index in [-0.39, 0.29) is 12.2 Å². The van der Waals surface area contributed by atoms with Crippen LogP contribution in [0.3, 0.4) is 0 Å². The molecule has 0 spiro atoms. The second-order valence-electron chi connectivity index (χ2n) is 12.4. The molecule has 4 heteroatoms. The van der Waals surface area contributed by atoms with Crippen LogP contribution in [-0.4, -0.2) is 6.11 Å². The number of hydrogen-bond acceptors (Lipinski definition) is 1. The van der Waals surface area contributed by atoms with Crippen LogP contribution in [0.25, 0.3) is 0 Å². The zero-order valence-corrected chi connectivity index (χ0v) is 24.4. The summed E-state index contributed by atoms with van der Waals surface area (Å²) in [5, 5.41) is 0. The van der Waals surface area contributed by atoms with Gasteiger partial charge in [0.15, 0.2) is 0 Å². The Morgan fingerprint density at radius 3 is 1.93 bits per heavy atom. The van der Waals surface area contributed by atoms with E-state index < -0.39 is 12.3 Å². The molecule has 2 aromatic carbocycles. The first-order valence-corrected chi connectivity index (χ1v) is 15.9. The summed E-state index contributed by atoms with van der Waals surface area (Å²) in [5.41, 5.74) is 2.97. The number of benzene rings is 2. The Bertz CT molecular complexity index is 999. The highest BCUT2D eigenvalue weighted by Crippen LogP contribution is 2.41. The topological polar surface area (TPSA) is 9.23 Å². The van der Waals surface area contributed by atoms with Crippen molar-refractivity contribution < 1.29 is 17.9 Å². The van der Waals surface area contributed by atoms with Crippen molar-refractivity contribution in [2.24, 2.45) is 11.8 Å². The zero-order chi connectivity index (χ0) is 28.4. The maximum absolute atomic E-state index is 14.9. The monoisotopic (exact) mass is 554 g/mol. The molecule has 2 saturated carbocycles. The van der Waals surface area contributed by atoms with Crippen molar-refractivity contribution in [3.05, 3.63) is 83.4 Å². The molecule has 0 aromatic heterocycles. The van der Waals surface area contributed by atoms with Crippen LogP contribution in [0.4, 0.5) is 13.2 Å². The summed E-state index contributed by atoms with van der Waals surface area (Å²) in [6.45, 7) is 5.83. The lowest BCUT2D eigenvalue weighted by Gasteiger charge is -2.29. The minimum Gasteiger partial charge on any atom is -0.313 e. The third-order valence-corrected chi connectivity index (χ3v) is 9.55. The summed E-state index contributed by atoms with van der Waals surface area (Å²) in [4.78, 5) is 0. The van der Waals surface area contributed by atoms with Crippen molar-refractivity contribution in [3.63, 3.8) is 0 Å². The molecule has 4 rings (SSSR count). The molecule has 0 aliphatic heterocycles. The highest BCUT2D eigenvalue weighted by Gasteiger charge is 2.43. The number of unbranched alkanes of at least 4 members (excludes halogenated alkanes) is 4. The molecule has 2 fully saturated rings. The van der Waals surface area contributed by atoms with Gasteiger partial charge in [0.05, 0.1) is 6.61 Å². The molecular formula is C36H49F3O. The minimum atomic E-state index is -3.89. The fourth-order valence-electron chi connectivity index (χ4n) is 6.78. The number of allylic oxidation sites excluding steroid dienone is 1. The van der Waals surface area contributed by atoms with Gasteiger partial charge in [-0.3, -0.25) is 0 Å². The van der Waals surface area contributed by atoms with Crippen molar-refractivity contribution in [1.29, 1.82) is 0 Å². The summed E-state index contributed by atoms with van der Waals surface area (Å²) >= 11 is 0. The van der Waals surface area contributed by atoms with Crippen molar-refractivity contribution in [1.82, 2.24) is 0 Å². The highest BCUT2D eigenvalue weighted by atomic mass is 19.3. The fraction of sp³-hybridized carbons (Fsp3) is 0.611. The average Bonchev–Trinajstić information content (AvgIpc) is 3.00. The second-order valence-corrected chi connectivity index (χ2v) is 12.4. The van der Waals surface area contributed by atoms with Crippen LogP contribution < -0.4 is 0 Å². The van der Waals surface area contributed by atoms with Gasteiger partial charge in [0, 0.05) is 0 Å². The Kier molecular flexibility index (Phi) is 11.8. The molecule has 40 heavy (non-hydrogen) atoms. The van der Waals surface area contributed by atoms with Crippen LogP contribution in [0.15, 0.2) is 61.2 Å². The second kappa shape index (κ2) is 15.2. The summed E-state index contributed by atoms with van der Waals surface area (Å²) in [6, 6.07) is 14.4. The molecule has 2 aliphatic rings. The molecule has 0 saturated heterocycles. The molecule has 1 atom stereocenters. The summed E-state index contributed by atoms with van der Waals surface area (Å²) < 4.78 is 49.1. The maximum Gasteiger partial charge on any atom is 0.391 e. The van der Waals surface area contributed by atoms with Crippen LogP contribution in [-0.2, 0) is 11.3 Å². The molecular weight excluding hydrogens is 505 g/mol. The Hall–Kier alpha value is -2.07. The van der Waals surface area contributed by atoms with Crippen LogP contribution in [0.2, 0.25) is 0 Å². The Morgan fingerprint density at radius 2 is 1.35 bits per heavy atom. The average molecular weight is 555 g/mol. The summed E-state index contributed by atoms with van der Waals surface area (Å²) in [5.74, 6) is 2.36. The number of halogens is 3. The van der Waals surface area contributed by atoms with E-state index in [2.05, 4.69) is 13.5 Å². The molecule has 220 valence electrons. The molecule has 1 unspecified atom stereocenters. The number of alkyl halides is 3. The lowest BCUT2D eigenvalue weighted by molar-refractivity contribution is -0.282. The fourth-order valence-corrected chi connectivity index (χ4v) is 6.78. The quantitative estimate of drug-likeness (QED) is 0.167. The Morgan fingerprint density at radius 1 is 0.800 bits per heavy atom. The molecule has 0 bridgehead atoms.